The molecule has 4 rings (SSSR count). The van der Waals surface area contributed by atoms with Crippen LogP contribution >= 0.6 is 27.5 Å². The van der Waals surface area contributed by atoms with E-state index in [1.165, 1.54) is 0 Å². The average Bonchev–Trinajstić information content (AvgIpc) is 2.83. The van der Waals surface area contributed by atoms with Crippen LogP contribution in [0.15, 0.2) is 95.0 Å². The van der Waals surface area contributed by atoms with Crippen LogP contribution in [0.1, 0.15) is 11.1 Å². The van der Waals surface area contributed by atoms with Crippen LogP contribution in [-0.2, 0) is 11.4 Å². The number of anilines is 1. The number of rotatable bonds is 6. The van der Waals surface area contributed by atoms with E-state index in [1.54, 1.807) is 24.3 Å². The number of benzene rings is 4. The van der Waals surface area contributed by atoms with Crippen molar-refractivity contribution in [2.24, 2.45) is 0 Å². The maximum atomic E-state index is 12.8. The van der Waals surface area contributed by atoms with E-state index in [4.69, 9.17) is 16.3 Å². The number of hydrogen-bond donors (Lipinski definition) is 1. The van der Waals surface area contributed by atoms with E-state index < -0.39 is 5.91 Å². The Labute approximate surface area is 205 Å². The molecule has 0 heterocycles. The molecule has 0 unspecified atom stereocenters. The van der Waals surface area contributed by atoms with Crippen LogP contribution in [0, 0.1) is 11.3 Å². The van der Waals surface area contributed by atoms with E-state index in [9.17, 15) is 10.1 Å². The van der Waals surface area contributed by atoms with Crippen LogP contribution < -0.4 is 10.1 Å². The maximum Gasteiger partial charge on any atom is 0.266 e. The molecular weight excluding hydrogens is 500 g/mol. The van der Waals surface area contributed by atoms with Crippen molar-refractivity contribution in [2.45, 2.75) is 6.61 Å². The lowest BCUT2D eigenvalue weighted by Crippen LogP contribution is -2.13. The number of amides is 1. The van der Waals surface area contributed by atoms with Crippen molar-refractivity contribution >= 4 is 56.0 Å². The predicted molar refractivity (Wildman–Crippen MR) is 136 cm³/mol. The second kappa shape index (κ2) is 10.4. The van der Waals surface area contributed by atoms with Gasteiger partial charge in [-0.15, -0.1) is 0 Å². The molecule has 0 radical (unpaired) electrons. The second-order valence-corrected chi connectivity index (χ2v) is 8.55. The number of carbonyl (C=O) groups excluding carboxylic acids is 1. The molecule has 0 saturated heterocycles. The van der Waals surface area contributed by atoms with E-state index in [0.29, 0.717) is 28.6 Å². The minimum Gasteiger partial charge on any atom is -0.488 e. The Hall–Kier alpha value is -3.59. The number of nitrogens with one attached hydrogen (secondary N) is 1. The molecule has 0 aliphatic heterocycles. The van der Waals surface area contributed by atoms with Gasteiger partial charge in [0.1, 0.15) is 24.0 Å². The van der Waals surface area contributed by atoms with Gasteiger partial charge in [0.2, 0.25) is 0 Å². The van der Waals surface area contributed by atoms with Crippen LogP contribution in [0.4, 0.5) is 5.69 Å². The summed E-state index contributed by atoms with van der Waals surface area (Å²) in [7, 11) is 0. The fourth-order valence-electron chi connectivity index (χ4n) is 3.30. The Balaban J connectivity index is 1.49. The van der Waals surface area contributed by atoms with E-state index in [-0.39, 0.29) is 5.57 Å². The molecule has 0 bridgehead atoms. The lowest BCUT2D eigenvalue weighted by molar-refractivity contribution is -0.112. The Kier molecular flexibility index (Phi) is 7.09. The van der Waals surface area contributed by atoms with Crippen LogP contribution in [0.5, 0.6) is 5.75 Å². The lowest BCUT2D eigenvalue weighted by atomic mass is 10.1. The standard InChI is InChI=1S/C27H18BrClN2O2/c28-24-15-19(10-13-26(24)33-17-18-8-11-22(29)12-9-18)14-21(16-30)27(32)31-25-7-3-5-20-4-1-2-6-23(20)25/h1-15H,17H2,(H,31,32)/b21-14+. The molecule has 1 amide bonds. The van der Waals surface area contributed by atoms with Gasteiger partial charge in [0.15, 0.2) is 0 Å². The summed E-state index contributed by atoms with van der Waals surface area (Å²) in [6, 6.07) is 28.2. The molecule has 0 saturated carbocycles. The highest BCUT2D eigenvalue weighted by Crippen LogP contribution is 2.28. The van der Waals surface area contributed by atoms with Gasteiger partial charge in [0.25, 0.3) is 5.91 Å². The summed E-state index contributed by atoms with van der Waals surface area (Å²) in [5.41, 5.74) is 2.36. The Morgan fingerprint density at radius 2 is 1.79 bits per heavy atom. The maximum absolute atomic E-state index is 12.8. The highest BCUT2D eigenvalue weighted by atomic mass is 79.9. The summed E-state index contributed by atoms with van der Waals surface area (Å²) in [5.74, 6) is 0.189. The van der Waals surface area contributed by atoms with Crippen molar-refractivity contribution in [2.75, 3.05) is 5.32 Å². The van der Waals surface area contributed by atoms with Gasteiger partial charge in [0.05, 0.1) is 4.47 Å². The number of nitriles is 1. The average molecular weight is 518 g/mol. The molecular formula is C27H18BrClN2O2. The van der Waals surface area contributed by atoms with Gasteiger partial charge in [-0.3, -0.25) is 4.79 Å². The Morgan fingerprint density at radius 1 is 1.03 bits per heavy atom. The quantitative estimate of drug-likeness (QED) is 0.214. The summed E-state index contributed by atoms with van der Waals surface area (Å²) in [5, 5.41) is 15.0. The molecule has 0 aliphatic rings. The molecule has 0 fully saturated rings. The van der Waals surface area contributed by atoms with Gasteiger partial charge in [0, 0.05) is 16.1 Å². The van der Waals surface area contributed by atoms with Crippen molar-refractivity contribution in [3.63, 3.8) is 0 Å². The minimum atomic E-state index is -0.465. The Bertz CT molecular complexity index is 1390. The minimum absolute atomic E-state index is 0.00432. The van der Waals surface area contributed by atoms with E-state index in [1.807, 2.05) is 72.8 Å². The fourth-order valence-corrected chi connectivity index (χ4v) is 3.94. The highest BCUT2D eigenvalue weighted by Gasteiger charge is 2.12. The van der Waals surface area contributed by atoms with Crippen LogP contribution in [0.25, 0.3) is 16.8 Å². The molecule has 4 aromatic carbocycles. The van der Waals surface area contributed by atoms with Gasteiger partial charge in [-0.1, -0.05) is 66.2 Å². The SMILES string of the molecule is N#C/C(=C\c1ccc(OCc2ccc(Cl)cc2)c(Br)c1)C(=O)Nc1cccc2ccccc12. The number of nitrogens with zero attached hydrogens (tertiary/aromatic N) is 1. The first-order valence-electron chi connectivity index (χ1n) is 10.1. The highest BCUT2D eigenvalue weighted by molar-refractivity contribution is 9.10. The number of halogens is 2. The zero-order valence-corrected chi connectivity index (χ0v) is 19.7. The largest absolute Gasteiger partial charge is 0.488 e. The number of carbonyl (C=O) groups is 1. The second-order valence-electron chi connectivity index (χ2n) is 7.26. The third-order valence-corrected chi connectivity index (χ3v) is 5.85. The summed E-state index contributed by atoms with van der Waals surface area (Å²) in [4.78, 5) is 12.8. The zero-order valence-electron chi connectivity index (χ0n) is 17.4. The van der Waals surface area contributed by atoms with Crippen molar-refractivity contribution in [3.05, 3.63) is 111 Å². The van der Waals surface area contributed by atoms with Crippen LogP contribution in [0.2, 0.25) is 5.02 Å². The third kappa shape index (κ3) is 5.61. The topological polar surface area (TPSA) is 62.1 Å². The molecule has 6 heteroatoms. The number of fused-ring (bicyclic) bond motifs is 1. The van der Waals surface area contributed by atoms with Crippen LogP contribution in [0.3, 0.4) is 0 Å². The van der Waals surface area contributed by atoms with Gasteiger partial charge in [-0.2, -0.15) is 5.26 Å². The number of ether oxygens (including phenoxy) is 1. The van der Waals surface area contributed by atoms with Crippen molar-refractivity contribution < 1.29 is 9.53 Å². The first-order valence-corrected chi connectivity index (χ1v) is 11.3. The molecule has 0 aliphatic carbocycles. The van der Waals surface area contributed by atoms with Crippen molar-refractivity contribution in [1.29, 1.82) is 5.26 Å². The van der Waals surface area contributed by atoms with Crippen molar-refractivity contribution in [1.82, 2.24) is 0 Å². The fraction of sp³-hybridized carbons (Fsp3) is 0.0370. The molecule has 4 aromatic rings. The van der Waals surface area contributed by atoms with Gasteiger partial charge >= 0.3 is 0 Å². The van der Waals surface area contributed by atoms with Crippen LogP contribution in [-0.4, -0.2) is 5.91 Å². The predicted octanol–water partition coefficient (Wildman–Crippen LogP) is 7.38. The first-order chi connectivity index (χ1) is 16.0. The summed E-state index contributed by atoms with van der Waals surface area (Å²) in [6.07, 6.45) is 1.55. The summed E-state index contributed by atoms with van der Waals surface area (Å²) < 4.78 is 6.58. The molecule has 0 atom stereocenters. The molecule has 0 aromatic heterocycles. The molecule has 162 valence electrons. The Morgan fingerprint density at radius 3 is 2.55 bits per heavy atom. The van der Waals surface area contributed by atoms with E-state index in [2.05, 4.69) is 21.2 Å². The molecule has 1 N–H and O–H groups in total. The van der Waals surface area contributed by atoms with Gasteiger partial charge in [-0.05, 0) is 68.9 Å². The van der Waals surface area contributed by atoms with Crippen molar-refractivity contribution in [3.8, 4) is 11.8 Å². The zero-order chi connectivity index (χ0) is 23.2. The summed E-state index contributed by atoms with van der Waals surface area (Å²) in [6.45, 7) is 0.391. The van der Waals surface area contributed by atoms with E-state index in [0.717, 1.165) is 20.8 Å². The smallest absolute Gasteiger partial charge is 0.266 e. The normalized spacial score (nSPS) is 11.1. The van der Waals surface area contributed by atoms with Gasteiger partial charge in [-0.25, -0.2) is 0 Å². The molecule has 4 nitrogen and oxygen atoms in total. The summed E-state index contributed by atoms with van der Waals surface area (Å²) >= 11 is 9.42. The third-order valence-electron chi connectivity index (χ3n) is 4.98. The van der Waals surface area contributed by atoms with Gasteiger partial charge < -0.3 is 10.1 Å². The van der Waals surface area contributed by atoms with E-state index >= 15 is 0 Å². The molecule has 0 spiro atoms. The molecule has 33 heavy (non-hydrogen) atoms. The monoisotopic (exact) mass is 516 g/mol. The lowest BCUT2D eigenvalue weighted by Gasteiger charge is -2.10. The first kappa shape index (κ1) is 22.6. The number of hydrogen-bond acceptors (Lipinski definition) is 3.